The lowest BCUT2D eigenvalue weighted by Crippen LogP contribution is -2.34. The lowest BCUT2D eigenvalue weighted by atomic mass is 10.2. The topological polar surface area (TPSA) is 72.6 Å². The van der Waals surface area contributed by atoms with E-state index in [2.05, 4.69) is 0 Å². The monoisotopic (exact) mass is 284 g/mol. The van der Waals surface area contributed by atoms with E-state index in [1.165, 1.54) is 4.31 Å². The number of benzene rings is 1. The van der Waals surface area contributed by atoms with Gasteiger partial charge >= 0.3 is 0 Å². The third-order valence-electron chi connectivity index (χ3n) is 3.37. The van der Waals surface area contributed by atoms with E-state index in [1.54, 1.807) is 31.3 Å². The van der Waals surface area contributed by atoms with Crippen molar-refractivity contribution in [1.29, 1.82) is 0 Å². The molecule has 0 radical (unpaired) electrons. The minimum atomic E-state index is -3.50. The predicted molar refractivity (Wildman–Crippen MR) is 73.1 cm³/mol. The highest BCUT2D eigenvalue weighted by Crippen LogP contribution is 2.21. The molecule has 0 bridgehead atoms. The third-order valence-corrected chi connectivity index (χ3v) is 5.29. The number of likely N-dealkylation sites (N-methyl/N-ethyl adjacent to an activating group) is 1. The summed E-state index contributed by atoms with van der Waals surface area (Å²) in [6, 6.07) is 6.85. The first-order valence-corrected chi connectivity index (χ1v) is 7.85. The molecule has 5 nitrogen and oxygen atoms in total. The van der Waals surface area contributed by atoms with Crippen LogP contribution >= 0.6 is 0 Å². The maximum atomic E-state index is 12.5. The number of ether oxygens (including phenoxy) is 1. The summed E-state index contributed by atoms with van der Waals surface area (Å²) in [5.74, 6) is 0. The SMILES string of the molecule is CN(CC1CCCO1)S(=O)(=O)c1ccccc1CN. The molecule has 1 aromatic rings. The molecule has 0 aliphatic carbocycles. The van der Waals surface area contributed by atoms with Crippen molar-refractivity contribution in [2.75, 3.05) is 20.2 Å². The van der Waals surface area contributed by atoms with Gasteiger partial charge in [0, 0.05) is 26.7 Å². The second kappa shape index (κ2) is 6.00. The summed E-state index contributed by atoms with van der Waals surface area (Å²) in [6.45, 7) is 1.32. The van der Waals surface area contributed by atoms with Crippen LogP contribution in [0.15, 0.2) is 29.2 Å². The van der Waals surface area contributed by atoms with Gasteiger partial charge in [0.1, 0.15) is 0 Å². The van der Waals surface area contributed by atoms with Crippen molar-refractivity contribution in [2.45, 2.75) is 30.4 Å². The number of hydrogen-bond donors (Lipinski definition) is 1. The minimum Gasteiger partial charge on any atom is -0.377 e. The second-order valence-corrected chi connectivity index (χ2v) is 6.75. The van der Waals surface area contributed by atoms with E-state index in [9.17, 15) is 8.42 Å². The van der Waals surface area contributed by atoms with Gasteiger partial charge in [0.15, 0.2) is 0 Å². The molecule has 1 saturated heterocycles. The Morgan fingerprint density at radius 2 is 2.16 bits per heavy atom. The first-order chi connectivity index (χ1) is 9.05. The molecule has 0 amide bonds. The second-order valence-electron chi connectivity index (χ2n) is 4.73. The highest BCUT2D eigenvalue weighted by molar-refractivity contribution is 7.89. The van der Waals surface area contributed by atoms with Gasteiger partial charge in [0.25, 0.3) is 0 Å². The zero-order valence-electron chi connectivity index (χ0n) is 11.1. The predicted octanol–water partition coefficient (Wildman–Crippen LogP) is 0.945. The highest BCUT2D eigenvalue weighted by atomic mass is 32.2. The van der Waals surface area contributed by atoms with Crippen molar-refractivity contribution < 1.29 is 13.2 Å². The summed E-state index contributed by atoms with van der Waals surface area (Å²) in [5, 5.41) is 0. The third kappa shape index (κ3) is 3.14. The van der Waals surface area contributed by atoms with Gasteiger partial charge in [0.05, 0.1) is 11.0 Å². The molecule has 0 aromatic heterocycles. The Bertz CT molecular complexity index is 524. The summed E-state index contributed by atoms with van der Waals surface area (Å²) < 4.78 is 31.9. The Kier molecular flexibility index (Phi) is 4.57. The molecule has 2 rings (SSSR count). The number of nitrogens with two attached hydrogens (primary N) is 1. The van der Waals surface area contributed by atoms with Crippen LogP contribution < -0.4 is 5.73 Å². The van der Waals surface area contributed by atoms with Crippen molar-refractivity contribution in [3.63, 3.8) is 0 Å². The largest absolute Gasteiger partial charge is 0.377 e. The number of rotatable bonds is 5. The molecular formula is C13H20N2O3S. The van der Waals surface area contributed by atoms with Gasteiger partial charge in [0.2, 0.25) is 10.0 Å². The molecule has 1 aliphatic heterocycles. The van der Waals surface area contributed by atoms with Crippen LogP contribution in [0.4, 0.5) is 0 Å². The van der Waals surface area contributed by atoms with E-state index < -0.39 is 10.0 Å². The van der Waals surface area contributed by atoms with Gasteiger partial charge in [-0.15, -0.1) is 0 Å². The average Bonchev–Trinajstić information content (AvgIpc) is 2.91. The minimum absolute atomic E-state index is 0.00446. The van der Waals surface area contributed by atoms with Crippen LogP contribution in [0.3, 0.4) is 0 Å². The maximum Gasteiger partial charge on any atom is 0.243 e. The lowest BCUT2D eigenvalue weighted by Gasteiger charge is -2.21. The van der Waals surface area contributed by atoms with Crippen LogP contribution in [-0.4, -0.2) is 39.0 Å². The molecule has 1 aliphatic rings. The van der Waals surface area contributed by atoms with Crippen molar-refractivity contribution >= 4 is 10.0 Å². The van der Waals surface area contributed by atoms with E-state index in [0.717, 1.165) is 19.4 Å². The fourth-order valence-corrected chi connectivity index (χ4v) is 3.70. The molecule has 2 N–H and O–H groups in total. The summed E-state index contributed by atoms with van der Waals surface area (Å²) in [6.07, 6.45) is 1.92. The molecule has 0 spiro atoms. The maximum absolute atomic E-state index is 12.5. The Morgan fingerprint density at radius 3 is 2.79 bits per heavy atom. The fourth-order valence-electron chi connectivity index (χ4n) is 2.27. The van der Waals surface area contributed by atoms with Gasteiger partial charge in [-0.05, 0) is 24.5 Å². The van der Waals surface area contributed by atoms with E-state index in [4.69, 9.17) is 10.5 Å². The van der Waals surface area contributed by atoms with Crippen LogP contribution in [-0.2, 0) is 21.3 Å². The van der Waals surface area contributed by atoms with Gasteiger partial charge in [-0.3, -0.25) is 0 Å². The average molecular weight is 284 g/mol. The summed E-state index contributed by atoms with van der Waals surface area (Å²) >= 11 is 0. The summed E-state index contributed by atoms with van der Waals surface area (Å²) in [4.78, 5) is 0.290. The van der Waals surface area contributed by atoms with E-state index in [1.807, 2.05) is 0 Å². The summed E-state index contributed by atoms with van der Waals surface area (Å²) in [5.41, 5.74) is 6.24. The molecule has 106 valence electrons. The van der Waals surface area contributed by atoms with Crippen molar-refractivity contribution in [1.82, 2.24) is 4.31 Å². The first kappa shape index (κ1) is 14.5. The molecule has 1 fully saturated rings. The molecule has 1 aromatic carbocycles. The Balaban J connectivity index is 2.20. The number of hydrogen-bond acceptors (Lipinski definition) is 4. The van der Waals surface area contributed by atoms with Crippen LogP contribution in [0.1, 0.15) is 18.4 Å². The summed E-state index contributed by atoms with van der Waals surface area (Å²) in [7, 11) is -1.91. The van der Waals surface area contributed by atoms with E-state index >= 15 is 0 Å². The molecule has 1 unspecified atom stereocenters. The van der Waals surface area contributed by atoms with Crippen molar-refractivity contribution in [2.24, 2.45) is 5.73 Å². The molecule has 1 atom stereocenters. The van der Waals surface area contributed by atoms with E-state index in [-0.39, 0.29) is 17.5 Å². The zero-order valence-corrected chi connectivity index (χ0v) is 11.9. The molecule has 19 heavy (non-hydrogen) atoms. The normalized spacial score (nSPS) is 20.1. The van der Waals surface area contributed by atoms with Crippen LogP contribution in [0.5, 0.6) is 0 Å². The van der Waals surface area contributed by atoms with E-state index in [0.29, 0.717) is 12.1 Å². The van der Waals surface area contributed by atoms with Crippen molar-refractivity contribution in [3.05, 3.63) is 29.8 Å². The fraction of sp³-hybridized carbons (Fsp3) is 0.538. The molecule has 1 heterocycles. The number of nitrogens with zero attached hydrogens (tertiary/aromatic N) is 1. The number of sulfonamides is 1. The van der Waals surface area contributed by atoms with Gasteiger partial charge < -0.3 is 10.5 Å². The molecule has 0 saturated carbocycles. The highest BCUT2D eigenvalue weighted by Gasteiger charge is 2.27. The Labute approximate surface area is 114 Å². The lowest BCUT2D eigenvalue weighted by molar-refractivity contribution is 0.0979. The molecule has 6 heteroatoms. The van der Waals surface area contributed by atoms with Crippen molar-refractivity contribution in [3.8, 4) is 0 Å². The van der Waals surface area contributed by atoms with Gasteiger partial charge in [-0.2, -0.15) is 4.31 Å². The Hall–Kier alpha value is -0.950. The smallest absolute Gasteiger partial charge is 0.243 e. The van der Waals surface area contributed by atoms with Gasteiger partial charge in [-0.1, -0.05) is 18.2 Å². The quantitative estimate of drug-likeness (QED) is 0.873. The van der Waals surface area contributed by atoms with Crippen LogP contribution in [0.25, 0.3) is 0 Å². The van der Waals surface area contributed by atoms with Gasteiger partial charge in [-0.25, -0.2) is 8.42 Å². The molecular weight excluding hydrogens is 264 g/mol. The Morgan fingerprint density at radius 1 is 1.42 bits per heavy atom. The van der Waals surface area contributed by atoms with Crippen LogP contribution in [0.2, 0.25) is 0 Å². The zero-order chi connectivity index (χ0) is 13.9. The standard InChI is InChI=1S/C13H20N2O3S/c1-15(10-12-6-4-8-18-12)19(16,17)13-7-3-2-5-11(13)9-14/h2-3,5,7,12H,4,6,8-10,14H2,1H3. The first-order valence-electron chi connectivity index (χ1n) is 6.41. The van der Waals surface area contributed by atoms with Crippen LogP contribution in [0, 0.1) is 0 Å².